The number of aliphatic hydroxyl groups is 1. The summed E-state index contributed by atoms with van der Waals surface area (Å²) in [6.45, 7) is 18.2. The molecule has 2 heteroatoms. The lowest BCUT2D eigenvalue weighted by Crippen LogP contribution is -2.14. The fraction of sp³-hybridized carbons (Fsp3) is 0.630. The lowest BCUT2D eigenvalue weighted by molar-refractivity contribution is 0.362. The van der Waals surface area contributed by atoms with Gasteiger partial charge in [0.25, 0.3) is 0 Å². The van der Waals surface area contributed by atoms with Crippen molar-refractivity contribution in [2.45, 2.75) is 87.5 Å². The van der Waals surface area contributed by atoms with Crippen LogP contribution in [0.1, 0.15) is 86.6 Å². The predicted octanol–water partition coefficient (Wildman–Crippen LogP) is 8.58. The Kier molecular flexibility index (Phi) is 8.13. The Labute approximate surface area is 183 Å². The Balaban J connectivity index is 2.37. The van der Waals surface area contributed by atoms with Crippen LogP contribution in [0.2, 0.25) is 0 Å². The standard InChI is InChI=1S/C27H44OS/c1-20(2)15-11-10-14-18-29-22(19-21-16-12-9-13-17-21)23(26(3,4)5)24(28)25(29)27(6,7)8/h9,12-13,16-17,20,28-29H,10-11,14-15,18-19H2,1-8H3. The second-order valence-corrected chi connectivity index (χ2v) is 13.4. The molecule has 1 aliphatic rings. The topological polar surface area (TPSA) is 20.2 Å². The molecule has 29 heavy (non-hydrogen) atoms. The normalized spacial score (nSPS) is 19.6. The zero-order valence-corrected chi connectivity index (χ0v) is 21.0. The van der Waals surface area contributed by atoms with Gasteiger partial charge in [-0.25, -0.2) is 10.9 Å². The molecule has 1 aromatic carbocycles. The van der Waals surface area contributed by atoms with Crippen LogP contribution in [-0.2, 0) is 6.42 Å². The number of rotatable bonds is 8. The van der Waals surface area contributed by atoms with E-state index in [0.29, 0.717) is 5.76 Å². The molecule has 164 valence electrons. The molecule has 0 radical (unpaired) electrons. The second-order valence-electron chi connectivity index (χ2n) is 11.1. The molecule has 1 aromatic rings. The van der Waals surface area contributed by atoms with Crippen molar-refractivity contribution in [1.82, 2.24) is 0 Å². The molecule has 0 saturated carbocycles. The minimum Gasteiger partial charge on any atom is -0.507 e. The molecule has 0 aliphatic carbocycles. The monoisotopic (exact) mass is 416 g/mol. The molecule has 1 atom stereocenters. The summed E-state index contributed by atoms with van der Waals surface area (Å²) in [6, 6.07) is 10.8. The maximum absolute atomic E-state index is 11.5. The Bertz CT molecular complexity index is 726. The molecular formula is C27H44OS. The van der Waals surface area contributed by atoms with Crippen molar-refractivity contribution >= 4 is 10.9 Å². The van der Waals surface area contributed by atoms with Crippen molar-refractivity contribution in [3.63, 3.8) is 0 Å². The van der Waals surface area contributed by atoms with E-state index in [2.05, 4.69) is 85.7 Å². The van der Waals surface area contributed by atoms with Crippen LogP contribution in [0.3, 0.4) is 0 Å². The van der Waals surface area contributed by atoms with E-state index < -0.39 is 10.9 Å². The van der Waals surface area contributed by atoms with Gasteiger partial charge in [-0.05, 0) is 39.4 Å². The van der Waals surface area contributed by atoms with Gasteiger partial charge in [-0.15, -0.1) is 0 Å². The Morgan fingerprint density at radius 3 is 2.00 bits per heavy atom. The summed E-state index contributed by atoms with van der Waals surface area (Å²) in [5.74, 6) is 2.62. The number of hydrogen-bond acceptors (Lipinski definition) is 1. The number of benzene rings is 1. The van der Waals surface area contributed by atoms with E-state index in [1.165, 1.54) is 52.4 Å². The first kappa shape index (κ1) is 24.1. The Hall–Kier alpha value is -1.15. The molecule has 1 unspecified atom stereocenters. The smallest absolute Gasteiger partial charge is 0.128 e. The summed E-state index contributed by atoms with van der Waals surface area (Å²) in [5.41, 5.74) is 2.54. The molecule has 0 amide bonds. The summed E-state index contributed by atoms with van der Waals surface area (Å²) < 4.78 is 0. The third-order valence-electron chi connectivity index (χ3n) is 5.68. The van der Waals surface area contributed by atoms with Crippen molar-refractivity contribution in [2.24, 2.45) is 16.7 Å². The number of aliphatic hydroxyl groups excluding tert-OH is 1. The summed E-state index contributed by atoms with van der Waals surface area (Å²) in [6.07, 6.45) is 6.19. The van der Waals surface area contributed by atoms with Gasteiger partial charge in [0.05, 0.1) is 0 Å². The molecule has 0 fully saturated rings. The molecular weight excluding hydrogens is 372 g/mol. The average Bonchev–Trinajstić information content (AvgIpc) is 2.86. The van der Waals surface area contributed by atoms with Crippen LogP contribution in [0.15, 0.2) is 51.5 Å². The van der Waals surface area contributed by atoms with Crippen LogP contribution in [-0.4, -0.2) is 10.9 Å². The van der Waals surface area contributed by atoms with Crippen LogP contribution >= 0.6 is 10.9 Å². The van der Waals surface area contributed by atoms with Crippen LogP contribution in [0.5, 0.6) is 0 Å². The van der Waals surface area contributed by atoms with Crippen molar-refractivity contribution < 1.29 is 5.11 Å². The molecule has 0 spiro atoms. The summed E-state index contributed by atoms with van der Waals surface area (Å²) >= 11 is 0. The highest BCUT2D eigenvalue weighted by molar-refractivity contribution is 8.24. The molecule has 1 nitrogen and oxygen atoms in total. The van der Waals surface area contributed by atoms with Crippen molar-refractivity contribution in [1.29, 1.82) is 0 Å². The van der Waals surface area contributed by atoms with Gasteiger partial charge in [-0.2, -0.15) is 0 Å². The van der Waals surface area contributed by atoms with Crippen LogP contribution < -0.4 is 0 Å². The van der Waals surface area contributed by atoms with E-state index >= 15 is 0 Å². The van der Waals surface area contributed by atoms with Crippen LogP contribution in [0, 0.1) is 16.7 Å². The first-order valence-electron chi connectivity index (χ1n) is 11.4. The zero-order chi connectivity index (χ0) is 21.8. The summed E-state index contributed by atoms with van der Waals surface area (Å²) in [7, 11) is -0.449. The summed E-state index contributed by atoms with van der Waals surface area (Å²) in [4.78, 5) is 2.84. The minimum absolute atomic E-state index is 0.00264. The fourth-order valence-electron chi connectivity index (χ4n) is 4.42. The lowest BCUT2D eigenvalue weighted by Gasteiger charge is -2.32. The molecule has 0 aromatic heterocycles. The van der Waals surface area contributed by atoms with Crippen molar-refractivity contribution in [3.8, 4) is 0 Å². The highest BCUT2D eigenvalue weighted by Gasteiger charge is 2.40. The molecule has 1 N–H and O–H groups in total. The number of unbranched alkanes of at least 4 members (excludes halogenated alkanes) is 2. The van der Waals surface area contributed by atoms with E-state index in [0.717, 1.165) is 12.3 Å². The quantitative estimate of drug-likeness (QED) is 0.321. The van der Waals surface area contributed by atoms with Gasteiger partial charge in [-0.3, -0.25) is 0 Å². The van der Waals surface area contributed by atoms with Gasteiger partial charge in [0.1, 0.15) is 5.76 Å². The largest absolute Gasteiger partial charge is 0.507 e. The van der Waals surface area contributed by atoms with E-state index in [-0.39, 0.29) is 10.8 Å². The maximum Gasteiger partial charge on any atom is 0.128 e. The minimum atomic E-state index is -0.449. The molecule has 0 bridgehead atoms. The average molecular weight is 417 g/mol. The maximum atomic E-state index is 11.5. The number of allylic oxidation sites excluding steroid dienone is 3. The van der Waals surface area contributed by atoms with Crippen LogP contribution in [0.4, 0.5) is 0 Å². The lowest BCUT2D eigenvalue weighted by atomic mass is 9.82. The third kappa shape index (κ3) is 6.41. The van der Waals surface area contributed by atoms with Crippen LogP contribution in [0.25, 0.3) is 0 Å². The Morgan fingerprint density at radius 1 is 0.862 bits per heavy atom. The molecule has 0 saturated heterocycles. The van der Waals surface area contributed by atoms with Gasteiger partial charge in [0.15, 0.2) is 0 Å². The second kappa shape index (κ2) is 9.77. The first-order chi connectivity index (χ1) is 13.4. The molecule has 1 aliphatic heterocycles. The van der Waals surface area contributed by atoms with Gasteiger partial charge in [0, 0.05) is 16.9 Å². The van der Waals surface area contributed by atoms with E-state index in [1.807, 2.05) is 0 Å². The van der Waals surface area contributed by atoms with E-state index in [1.54, 1.807) is 0 Å². The van der Waals surface area contributed by atoms with Gasteiger partial charge in [-0.1, -0.05) is 105 Å². The summed E-state index contributed by atoms with van der Waals surface area (Å²) in [5, 5.41) is 11.5. The highest BCUT2D eigenvalue weighted by Crippen LogP contribution is 2.62. The van der Waals surface area contributed by atoms with E-state index in [9.17, 15) is 5.11 Å². The van der Waals surface area contributed by atoms with Crippen molar-refractivity contribution in [2.75, 3.05) is 5.75 Å². The predicted molar refractivity (Wildman–Crippen MR) is 133 cm³/mol. The Morgan fingerprint density at radius 2 is 1.48 bits per heavy atom. The fourth-order valence-corrected chi connectivity index (χ4v) is 7.99. The number of thiol groups is 1. The third-order valence-corrected chi connectivity index (χ3v) is 8.90. The van der Waals surface area contributed by atoms with E-state index in [4.69, 9.17) is 0 Å². The first-order valence-corrected chi connectivity index (χ1v) is 12.9. The van der Waals surface area contributed by atoms with Crippen molar-refractivity contribution in [3.05, 3.63) is 57.0 Å². The zero-order valence-electron chi connectivity index (χ0n) is 20.1. The van der Waals surface area contributed by atoms with Gasteiger partial charge >= 0.3 is 0 Å². The van der Waals surface area contributed by atoms with Gasteiger partial charge < -0.3 is 5.11 Å². The molecule has 2 rings (SSSR count). The highest BCUT2D eigenvalue weighted by atomic mass is 32.2. The van der Waals surface area contributed by atoms with Gasteiger partial charge in [0.2, 0.25) is 0 Å². The SMILES string of the molecule is CC(C)CCCCC[SH]1C(Cc2ccccc2)=C(C(C)(C)C)C(O)=C1C(C)(C)C. The number of hydrogen-bond donors (Lipinski definition) is 2. The molecule has 1 heterocycles.